The number of aromatic nitrogens is 2. The highest BCUT2D eigenvalue weighted by molar-refractivity contribution is 7.99. The van der Waals surface area contributed by atoms with Crippen LogP contribution in [0.5, 0.6) is 0 Å². The number of rotatable bonds is 8. The van der Waals surface area contributed by atoms with Gasteiger partial charge >= 0.3 is 5.97 Å². The molecule has 1 aliphatic rings. The largest absolute Gasteiger partial charge is 0.478 e. The summed E-state index contributed by atoms with van der Waals surface area (Å²) in [6.07, 6.45) is 3.71. The third-order valence-electron chi connectivity index (χ3n) is 6.97. The molecular formula is C31H23N5O4S2. The molecule has 3 aromatic carbocycles. The molecule has 42 heavy (non-hydrogen) atoms. The molecule has 0 aliphatic carbocycles. The molecule has 2 N–H and O–H groups in total. The van der Waals surface area contributed by atoms with Crippen molar-refractivity contribution in [3.63, 3.8) is 0 Å². The summed E-state index contributed by atoms with van der Waals surface area (Å²) in [4.78, 5) is 30.5. The molecule has 208 valence electrons. The molecule has 0 radical (unpaired) electrons. The maximum Gasteiger partial charge on any atom is 0.335 e. The molecule has 11 heteroatoms. The molecule has 2 atom stereocenters. The van der Waals surface area contributed by atoms with Crippen LogP contribution < -0.4 is 10.2 Å². The Morgan fingerprint density at radius 2 is 1.57 bits per heavy atom. The fourth-order valence-electron chi connectivity index (χ4n) is 5.02. The van der Waals surface area contributed by atoms with Crippen LogP contribution in [-0.4, -0.2) is 30.7 Å². The Morgan fingerprint density at radius 3 is 2.19 bits per heavy atom. The second-order valence-electron chi connectivity index (χ2n) is 9.50. The van der Waals surface area contributed by atoms with Crippen LogP contribution in [0.3, 0.4) is 0 Å². The van der Waals surface area contributed by atoms with Crippen molar-refractivity contribution >= 4 is 46.4 Å². The predicted molar refractivity (Wildman–Crippen MR) is 164 cm³/mol. The lowest BCUT2D eigenvalue weighted by Gasteiger charge is -2.29. The van der Waals surface area contributed by atoms with E-state index in [9.17, 15) is 20.0 Å². The van der Waals surface area contributed by atoms with E-state index in [-0.39, 0.29) is 23.3 Å². The Morgan fingerprint density at radius 1 is 0.905 bits per heavy atom. The van der Waals surface area contributed by atoms with Crippen molar-refractivity contribution in [2.24, 2.45) is 0 Å². The number of nitrogens with zero attached hydrogens (tertiary/aromatic N) is 4. The molecule has 1 aliphatic heterocycles. The normalized spacial score (nSPS) is 16.3. The van der Waals surface area contributed by atoms with E-state index >= 15 is 0 Å². The Hall–Kier alpha value is -5.00. The van der Waals surface area contributed by atoms with Crippen molar-refractivity contribution in [1.82, 2.24) is 14.9 Å². The number of non-ortho nitro benzene ring substituents is 1. The second kappa shape index (κ2) is 11.5. The third kappa shape index (κ3) is 5.35. The molecule has 2 aromatic heterocycles. The van der Waals surface area contributed by atoms with Gasteiger partial charge < -0.3 is 19.9 Å². The minimum Gasteiger partial charge on any atom is -0.478 e. The van der Waals surface area contributed by atoms with Gasteiger partial charge in [0.05, 0.1) is 22.2 Å². The summed E-state index contributed by atoms with van der Waals surface area (Å²) in [6, 6.07) is 30.5. The monoisotopic (exact) mass is 593 g/mol. The number of hydrogen-bond acceptors (Lipinski definition) is 6. The van der Waals surface area contributed by atoms with Crippen molar-refractivity contribution < 1.29 is 14.8 Å². The second-order valence-corrected chi connectivity index (χ2v) is 11.0. The minimum absolute atomic E-state index is 0.0563. The summed E-state index contributed by atoms with van der Waals surface area (Å²) in [6.45, 7) is 0. The number of aromatic carboxylic acids is 1. The first kappa shape index (κ1) is 27.2. The van der Waals surface area contributed by atoms with Crippen LogP contribution in [0, 0.1) is 10.1 Å². The summed E-state index contributed by atoms with van der Waals surface area (Å²) in [5.74, 6) is -0.976. The Kier molecular flexibility index (Phi) is 7.43. The average molecular weight is 594 g/mol. The first-order valence-electron chi connectivity index (χ1n) is 12.9. The molecule has 0 spiro atoms. The van der Waals surface area contributed by atoms with Gasteiger partial charge in [-0.25, -0.2) is 4.79 Å². The molecule has 9 nitrogen and oxygen atoms in total. The van der Waals surface area contributed by atoms with E-state index in [0.29, 0.717) is 5.11 Å². The third-order valence-corrected chi connectivity index (χ3v) is 8.30. The van der Waals surface area contributed by atoms with Crippen LogP contribution in [0.15, 0.2) is 125 Å². The number of thiocarbonyl (C=S) groups is 1. The van der Waals surface area contributed by atoms with Crippen LogP contribution in [0.2, 0.25) is 0 Å². The fraction of sp³-hybridized carbons (Fsp3) is 0.0645. The summed E-state index contributed by atoms with van der Waals surface area (Å²) in [5, 5.41) is 24.4. The first-order valence-corrected chi connectivity index (χ1v) is 14.2. The number of nitro benzene ring substituents is 1. The van der Waals surface area contributed by atoms with Gasteiger partial charge in [-0.3, -0.25) is 15.1 Å². The standard InChI is InChI=1S/C31H23N5O4S2/c37-30(38)20-6-8-21(9-7-20)34-19-3-5-27(34)29-28(26-4-1-2-18-32-26)33-31(41)35(29)22-10-14-24(15-11-22)42-25-16-12-23(13-17-25)36(39)40/h1-19,28-29H,(H,33,41)(H,37,38)/t28-,29+/m0/s1. The van der Waals surface area contributed by atoms with Crippen molar-refractivity contribution in [3.05, 3.63) is 143 Å². The molecule has 3 heterocycles. The highest BCUT2D eigenvalue weighted by atomic mass is 32.2. The lowest BCUT2D eigenvalue weighted by atomic mass is 10.0. The number of nitro groups is 1. The van der Waals surface area contributed by atoms with Crippen molar-refractivity contribution in [2.45, 2.75) is 21.9 Å². The van der Waals surface area contributed by atoms with Crippen LogP contribution in [0.25, 0.3) is 5.69 Å². The molecule has 6 rings (SSSR count). The Balaban J connectivity index is 1.35. The van der Waals surface area contributed by atoms with Gasteiger partial charge in [0.2, 0.25) is 0 Å². The van der Waals surface area contributed by atoms with Gasteiger partial charge in [0.25, 0.3) is 5.69 Å². The number of anilines is 1. The zero-order valence-corrected chi connectivity index (χ0v) is 23.5. The van der Waals surface area contributed by atoms with Gasteiger partial charge in [0.15, 0.2) is 5.11 Å². The van der Waals surface area contributed by atoms with Gasteiger partial charge in [-0.2, -0.15) is 0 Å². The molecular weight excluding hydrogens is 571 g/mol. The zero-order valence-electron chi connectivity index (χ0n) is 21.9. The summed E-state index contributed by atoms with van der Waals surface area (Å²) < 4.78 is 2.04. The quantitative estimate of drug-likeness (QED) is 0.114. The van der Waals surface area contributed by atoms with E-state index in [4.69, 9.17) is 12.2 Å². The molecule has 0 unspecified atom stereocenters. The Bertz CT molecular complexity index is 1760. The summed E-state index contributed by atoms with van der Waals surface area (Å²) in [5.41, 5.74) is 3.78. The van der Waals surface area contributed by atoms with E-state index < -0.39 is 10.9 Å². The van der Waals surface area contributed by atoms with Gasteiger partial charge in [-0.1, -0.05) is 17.8 Å². The van der Waals surface area contributed by atoms with Crippen molar-refractivity contribution in [2.75, 3.05) is 4.90 Å². The lowest BCUT2D eigenvalue weighted by Crippen LogP contribution is -2.30. The predicted octanol–water partition coefficient (Wildman–Crippen LogP) is 6.81. The average Bonchev–Trinajstić information content (AvgIpc) is 3.63. The van der Waals surface area contributed by atoms with Crippen LogP contribution >= 0.6 is 24.0 Å². The summed E-state index contributed by atoms with van der Waals surface area (Å²) >= 11 is 7.39. The Labute approximate surface area is 250 Å². The number of carboxylic acids is 1. The fourth-order valence-corrected chi connectivity index (χ4v) is 6.18. The van der Waals surface area contributed by atoms with E-state index in [2.05, 4.69) is 15.2 Å². The number of benzene rings is 3. The number of hydrogen-bond donors (Lipinski definition) is 2. The maximum atomic E-state index is 11.4. The highest BCUT2D eigenvalue weighted by Gasteiger charge is 2.42. The van der Waals surface area contributed by atoms with E-state index in [0.717, 1.165) is 32.6 Å². The highest BCUT2D eigenvalue weighted by Crippen LogP contribution is 2.43. The lowest BCUT2D eigenvalue weighted by molar-refractivity contribution is -0.384. The van der Waals surface area contributed by atoms with E-state index in [1.165, 1.54) is 23.9 Å². The topological polar surface area (TPSA) is 114 Å². The van der Waals surface area contributed by atoms with Gasteiger partial charge in [-0.15, -0.1) is 0 Å². The zero-order chi connectivity index (χ0) is 29.2. The number of carboxylic acid groups (broad SMARTS) is 1. The molecule has 0 saturated carbocycles. The molecule has 1 fully saturated rings. The minimum atomic E-state index is -0.976. The summed E-state index contributed by atoms with van der Waals surface area (Å²) in [7, 11) is 0. The molecule has 0 amide bonds. The number of nitrogens with one attached hydrogen (secondary N) is 1. The van der Waals surface area contributed by atoms with Crippen molar-refractivity contribution in [3.8, 4) is 5.69 Å². The SMILES string of the molecule is O=C(O)c1ccc(-n2cccc2[C@@H]2[C@H](c3ccccn3)NC(=S)N2c2ccc(Sc3ccc([N+](=O)[O-])cc3)cc2)cc1. The maximum absolute atomic E-state index is 11.4. The first-order chi connectivity index (χ1) is 20.4. The van der Waals surface area contributed by atoms with Gasteiger partial charge in [0.1, 0.15) is 6.04 Å². The van der Waals surface area contributed by atoms with E-state index in [1.54, 1.807) is 42.6 Å². The molecule has 1 saturated heterocycles. The van der Waals surface area contributed by atoms with Gasteiger partial charge in [-0.05, 0) is 97.1 Å². The number of carbonyl (C=O) groups is 1. The van der Waals surface area contributed by atoms with Crippen molar-refractivity contribution in [1.29, 1.82) is 0 Å². The van der Waals surface area contributed by atoms with Gasteiger partial charge in [0, 0.05) is 51.4 Å². The number of pyridine rings is 1. The van der Waals surface area contributed by atoms with Crippen LogP contribution in [-0.2, 0) is 0 Å². The molecule has 5 aromatic rings. The molecule has 0 bridgehead atoms. The van der Waals surface area contributed by atoms with Crippen LogP contribution in [0.4, 0.5) is 11.4 Å². The van der Waals surface area contributed by atoms with Crippen LogP contribution in [0.1, 0.15) is 33.8 Å². The van der Waals surface area contributed by atoms with E-state index in [1.807, 2.05) is 65.4 Å². The smallest absolute Gasteiger partial charge is 0.335 e.